The van der Waals surface area contributed by atoms with E-state index in [9.17, 15) is 4.79 Å². The molecule has 0 aromatic heterocycles. The van der Waals surface area contributed by atoms with Gasteiger partial charge in [-0.3, -0.25) is 0 Å². The van der Waals surface area contributed by atoms with E-state index >= 15 is 0 Å². The Morgan fingerprint density at radius 1 is 1.21 bits per heavy atom. The molecule has 2 aromatic carbocycles. The van der Waals surface area contributed by atoms with Gasteiger partial charge in [0.1, 0.15) is 18.6 Å². The van der Waals surface area contributed by atoms with E-state index in [4.69, 9.17) is 4.74 Å². The molecule has 0 radical (unpaired) electrons. The minimum absolute atomic E-state index is 0.249. The minimum Gasteiger partial charge on any atom is -0.491 e. The summed E-state index contributed by atoms with van der Waals surface area (Å²) >= 11 is 3.55. The van der Waals surface area contributed by atoms with Gasteiger partial charge in [-0.15, -0.1) is 11.8 Å². The fourth-order valence-electron chi connectivity index (χ4n) is 3.32. The van der Waals surface area contributed by atoms with Crippen LogP contribution in [0.1, 0.15) is 19.8 Å². The summed E-state index contributed by atoms with van der Waals surface area (Å²) in [5, 5.41) is 0. The quantitative estimate of drug-likeness (QED) is 0.350. The van der Waals surface area contributed by atoms with Crippen molar-refractivity contribution >= 4 is 41.4 Å². The second-order valence-corrected chi connectivity index (χ2v) is 9.95. The number of rotatable bonds is 7. The van der Waals surface area contributed by atoms with Crippen molar-refractivity contribution in [3.63, 3.8) is 0 Å². The average molecular weight is 415 g/mol. The normalized spacial score (nSPS) is 18.3. The Morgan fingerprint density at radius 2 is 2.00 bits per heavy atom. The Hall–Kier alpha value is -1.63. The van der Waals surface area contributed by atoms with Crippen LogP contribution >= 0.6 is 23.7 Å². The van der Waals surface area contributed by atoms with Crippen LogP contribution < -0.4 is 9.64 Å². The predicted octanol–water partition coefficient (Wildman–Crippen LogP) is 5.25. The molecule has 0 atom stereocenters. The second-order valence-electron chi connectivity index (χ2n) is 7.40. The van der Waals surface area contributed by atoms with Gasteiger partial charge >= 0.3 is 0 Å². The highest BCUT2D eigenvalue weighted by atomic mass is 32.2. The number of para-hydroxylation sites is 1. The number of aldehydes is 1. The summed E-state index contributed by atoms with van der Waals surface area (Å²) in [5.41, 5.74) is 2.18. The third-order valence-corrected chi connectivity index (χ3v) is 7.17. The first-order valence-corrected chi connectivity index (χ1v) is 11.5. The van der Waals surface area contributed by atoms with Gasteiger partial charge in [0.2, 0.25) is 0 Å². The third kappa shape index (κ3) is 4.19. The average Bonchev–Trinajstić information content (AvgIpc) is 3.51. The Balaban J connectivity index is 1.71. The Morgan fingerprint density at radius 3 is 2.68 bits per heavy atom. The van der Waals surface area contributed by atoms with Gasteiger partial charge < -0.3 is 14.4 Å². The third-order valence-electron chi connectivity index (χ3n) is 5.23. The molecule has 4 rings (SSSR count). The van der Waals surface area contributed by atoms with Gasteiger partial charge in [-0.25, -0.2) is 4.31 Å². The monoisotopic (exact) mass is 414 g/mol. The topological polar surface area (TPSA) is 32.8 Å². The lowest BCUT2D eigenvalue weighted by molar-refractivity contribution is -0.113. The Kier molecular flexibility index (Phi) is 5.90. The van der Waals surface area contributed by atoms with E-state index in [0.29, 0.717) is 6.61 Å². The maximum absolute atomic E-state index is 11.3. The van der Waals surface area contributed by atoms with Gasteiger partial charge in [-0.2, -0.15) is 0 Å². The van der Waals surface area contributed by atoms with Crippen LogP contribution in [0.2, 0.25) is 0 Å². The number of likely N-dealkylation sites (N-methyl/N-ethyl adjacent to an activating group) is 1. The number of carbonyl (C=O) groups excluding carboxylic acids is 1. The van der Waals surface area contributed by atoms with E-state index < -0.39 is 0 Å². The van der Waals surface area contributed by atoms with Crippen LogP contribution in [0.5, 0.6) is 5.75 Å². The molecule has 0 N–H and O–H groups in total. The zero-order chi connectivity index (χ0) is 19.6. The molecular weight excluding hydrogens is 388 g/mol. The summed E-state index contributed by atoms with van der Waals surface area (Å²) in [6.45, 7) is 4.54. The number of ether oxygens (including phenoxy) is 1. The molecule has 0 spiro atoms. The van der Waals surface area contributed by atoms with Crippen LogP contribution in [0.25, 0.3) is 0 Å². The molecule has 1 fully saturated rings. The molecule has 148 valence electrons. The predicted molar refractivity (Wildman–Crippen MR) is 118 cm³/mol. The van der Waals surface area contributed by atoms with E-state index in [0.717, 1.165) is 48.6 Å². The summed E-state index contributed by atoms with van der Waals surface area (Å²) in [6.07, 6.45) is 2.96. The zero-order valence-corrected chi connectivity index (χ0v) is 18.0. The first kappa shape index (κ1) is 19.7. The Labute approximate surface area is 175 Å². The summed E-state index contributed by atoms with van der Waals surface area (Å²) < 4.78 is 8.46. The highest BCUT2D eigenvalue weighted by Gasteiger charge is 2.43. The summed E-state index contributed by atoms with van der Waals surface area (Å²) in [4.78, 5) is 16.1. The van der Waals surface area contributed by atoms with Crippen LogP contribution in [0, 0.1) is 5.41 Å². The molecule has 1 aliphatic heterocycles. The standard InChI is InChI=1S/C22H26N2O2S2/c1-3-27-21-13-18-20(14-19(21)26-16-22(15-25)9-10-22)28-23(2)11-12-24(18)17-7-5-4-6-8-17/h4-8,13-15H,3,9-12,16H2,1-2H3. The molecule has 0 bridgehead atoms. The van der Waals surface area contributed by atoms with E-state index in [-0.39, 0.29) is 5.41 Å². The summed E-state index contributed by atoms with van der Waals surface area (Å²) in [6, 6.07) is 15.0. The second kappa shape index (κ2) is 8.39. The number of hydrogen-bond acceptors (Lipinski definition) is 6. The van der Waals surface area contributed by atoms with Crippen LogP contribution in [0.3, 0.4) is 0 Å². The van der Waals surface area contributed by atoms with Crippen LogP contribution in [-0.2, 0) is 4.79 Å². The molecule has 0 saturated heterocycles. The van der Waals surface area contributed by atoms with Crippen LogP contribution in [0.15, 0.2) is 52.3 Å². The maximum Gasteiger partial charge on any atom is 0.134 e. The van der Waals surface area contributed by atoms with Crippen LogP contribution in [0.4, 0.5) is 11.4 Å². The number of nitrogens with zero attached hydrogens (tertiary/aromatic N) is 2. The number of hydrogen-bond donors (Lipinski definition) is 0. The molecule has 4 nitrogen and oxygen atoms in total. The molecule has 1 heterocycles. The number of benzene rings is 2. The number of fused-ring (bicyclic) bond motifs is 1. The maximum atomic E-state index is 11.3. The van der Waals surface area contributed by atoms with Gasteiger partial charge in [0, 0.05) is 18.8 Å². The minimum atomic E-state index is -0.249. The largest absolute Gasteiger partial charge is 0.491 e. The lowest BCUT2D eigenvalue weighted by Gasteiger charge is -2.26. The van der Waals surface area contributed by atoms with Crippen molar-refractivity contribution < 1.29 is 9.53 Å². The smallest absolute Gasteiger partial charge is 0.134 e. The molecule has 1 aliphatic carbocycles. The molecule has 0 amide bonds. The van der Waals surface area contributed by atoms with Gasteiger partial charge in [-0.1, -0.05) is 25.1 Å². The molecule has 1 saturated carbocycles. The van der Waals surface area contributed by atoms with Gasteiger partial charge in [0.05, 0.1) is 20.9 Å². The van der Waals surface area contributed by atoms with E-state index in [1.54, 1.807) is 23.7 Å². The lowest BCUT2D eigenvalue weighted by atomic mass is 10.1. The van der Waals surface area contributed by atoms with Gasteiger partial charge in [0.15, 0.2) is 0 Å². The molecule has 6 heteroatoms. The fraction of sp³-hybridized carbons (Fsp3) is 0.409. The van der Waals surface area contributed by atoms with Crippen molar-refractivity contribution in [2.45, 2.75) is 29.6 Å². The van der Waals surface area contributed by atoms with Crippen molar-refractivity contribution in [3.8, 4) is 5.75 Å². The van der Waals surface area contributed by atoms with E-state index in [1.807, 2.05) is 0 Å². The van der Waals surface area contributed by atoms with E-state index in [1.165, 1.54) is 16.3 Å². The van der Waals surface area contributed by atoms with Gasteiger partial charge in [-0.05, 0) is 61.9 Å². The zero-order valence-electron chi connectivity index (χ0n) is 16.4. The first-order valence-electron chi connectivity index (χ1n) is 9.76. The van der Waals surface area contributed by atoms with Crippen molar-refractivity contribution in [1.82, 2.24) is 4.31 Å². The van der Waals surface area contributed by atoms with Crippen molar-refractivity contribution in [2.75, 3.05) is 37.4 Å². The highest BCUT2D eigenvalue weighted by Crippen LogP contribution is 2.47. The lowest BCUT2D eigenvalue weighted by Crippen LogP contribution is -2.24. The van der Waals surface area contributed by atoms with Crippen molar-refractivity contribution in [1.29, 1.82) is 0 Å². The number of anilines is 2. The van der Waals surface area contributed by atoms with Crippen molar-refractivity contribution in [3.05, 3.63) is 42.5 Å². The van der Waals surface area contributed by atoms with E-state index in [2.05, 4.69) is 65.6 Å². The van der Waals surface area contributed by atoms with Crippen molar-refractivity contribution in [2.24, 2.45) is 5.41 Å². The molecule has 0 unspecified atom stereocenters. The summed E-state index contributed by atoms with van der Waals surface area (Å²) in [7, 11) is 2.13. The molecule has 28 heavy (non-hydrogen) atoms. The molecule has 2 aromatic rings. The first-order chi connectivity index (χ1) is 13.6. The van der Waals surface area contributed by atoms with Crippen LogP contribution in [-0.4, -0.2) is 43.1 Å². The van der Waals surface area contributed by atoms with Gasteiger partial charge in [0.25, 0.3) is 0 Å². The molecule has 2 aliphatic rings. The summed E-state index contributed by atoms with van der Waals surface area (Å²) in [5.74, 6) is 1.88. The highest BCUT2D eigenvalue weighted by molar-refractivity contribution is 7.99. The fourth-order valence-corrected chi connectivity index (χ4v) is 5.02. The molecular formula is C22H26N2O2S2. The number of thioether (sulfide) groups is 1. The Bertz CT molecular complexity index is 840. The number of carbonyl (C=O) groups is 1. The SMILES string of the molecule is CCSc1cc2c(cc1OCC1(C=O)CC1)SN(C)CCN2c1ccccc1.